The minimum atomic E-state index is -0.328. The standard InChI is InChI=1S/C25H29N3O4/c1-17-6-8-21(9-7-17)28-16-19(14-23(28)29)25(31)27-12-10-18(11-13-27)24(30)26-20-4-3-5-22(15-20)32-2/h3-9,15,18-19H,10-14,16H2,1-2H3,(H,26,30)/t19-/m1/s1. The van der Waals surface area contributed by atoms with E-state index in [1.54, 1.807) is 18.1 Å². The van der Waals surface area contributed by atoms with E-state index in [0.717, 1.165) is 11.3 Å². The number of likely N-dealkylation sites (tertiary alicyclic amines) is 1. The van der Waals surface area contributed by atoms with Crippen LogP contribution in [0, 0.1) is 18.8 Å². The lowest BCUT2D eigenvalue weighted by atomic mass is 9.94. The van der Waals surface area contributed by atoms with Crippen molar-refractivity contribution in [3.05, 3.63) is 54.1 Å². The van der Waals surface area contributed by atoms with Crippen molar-refractivity contribution in [2.24, 2.45) is 11.8 Å². The zero-order chi connectivity index (χ0) is 22.7. The summed E-state index contributed by atoms with van der Waals surface area (Å²) in [6.07, 6.45) is 1.47. The number of anilines is 2. The van der Waals surface area contributed by atoms with Crippen LogP contribution >= 0.6 is 0 Å². The Bertz CT molecular complexity index is 997. The monoisotopic (exact) mass is 435 g/mol. The van der Waals surface area contributed by atoms with Gasteiger partial charge in [0.2, 0.25) is 17.7 Å². The number of amides is 3. The van der Waals surface area contributed by atoms with Crippen LogP contribution < -0.4 is 15.0 Å². The highest BCUT2D eigenvalue weighted by Gasteiger charge is 2.38. The minimum Gasteiger partial charge on any atom is -0.497 e. The summed E-state index contributed by atoms with van der Waals surface area (Å²) < 4.78 is 5.20. The van der Waals surface area contributed by atoms with Crippen LogP contribution in [0.4, 0.5) is 11.4 Å². The maximum Gasteiger partial charge on any atom is 0.228 e. The fraction of sp³-hybridized carbons (Fsp3) is 0.400. The summed E-state index contributed by atoms with van der Waals surface area (Å²) in [6.45, 7) is 3.48. The normalized spacial score (nSPS) is 19.2. The Morgan fingerprint density at radius 2 is 1.75 bits per heavy atom. The zero-order valence-corrected chi connectivity index (χ0v) is 18.5. The number of rotatable bonds is 5. The summed E-state index contributed by atoms with van der Waals surface area (Å²) in [5.74, 6) is 0.186. The highest BCUT2D eigenvalue weighted by atomic mass is 16.5. The van der Waals surface area contributed by atoms with Gasteiger partial charge in [-0.05, 0) is 44.0 Å². The van der Waals surface area contributed by atoms with Crippen LogP contribution in [-0.2, 0) is 14.4 Å². The molecule has 7 nitrogen and oxygen atoms in total. The van der Waals surface area contributed by atoms with Gasteiger partial charge in [-0.2, -0.15) is 0 Å². The number of carbonyl (C=O) groups excluding carboxylic acids is 3. The summed E-state index contributed by atoms with van der Waals surface area (Å²) in [6, 6.07) is 15.1. The highest BCUT2D eigenvalue weighted by Crippen LogP contribution is 2.28. The van der Waals surface area contributed by atoms with E-state index in [9.17, 15) is 14.4 Å². The lowest BCUT2D eigenvalue weighted by Crippen LogP contribution is -2.44. The van der Waals surface area contributed by atoms with E-state index in [-0.39, 0.29) is 36.0 Å². The molecule has 2 saturated heterocycles. The molecule has 2 fully saturated rings. The number of aryl methyl sites for hydroxylation is 1. The maximum absolute atomic E-state index is 13.0. The van der Waals surface area contributed by atoms with Crippen molar-refractivity contribution in [3.8, 4) is 5.75 Å². The number of nitrogens with one attached hydrogen (secondary N) is 1. The van der Waals surface area contributed by atoms with Gasteiger partial charge in [0.15, 0.2) is 0 Å². The fourth-order valence-corrected chi connectivity index (χ4v) is 4.41. The van der Waals surface area contributed by atoms with Gasteiger partial charge >= 0.3 is 0 Å². The predicted octanol–water partition coefficient (Wildman–Crippen LogP) is 3.23. The van der Waals surface area contributed by atoms with Gasteiger partial charge in [0.25, 0.3) is 0 Å². The van der Waals surface area contributed by atoms with Crippen molar-refractivity contribution in [2.45, 2.75) is 26.2 Å². The van der Waals surface area contributed by atoms with E-state index >= 15 is 0 Å². The Balaban J connectivity index is 1.30. The number of piperidine rings is 1. The van der Waals surface area contributed by atoms with Gasteiger partial charge in [-0.25, -0.2) is 0 Å². The number of nitrogens with zero attached hydrogens (tertiary/aromatic N) is 2. The molecule has 2 aromatic carbocycles. The molecule has 0 radical (unpaired) electrons. The second-order valence-electron chi connectivity index (χ2n) is 8.56. The quantitative estimate of drug-likeness (QED) is 0.782. The van der Waals surface area contributed by atoms with Gasteiger partial charge < -0.3 is 19.9 Å². The Morgan fingerprint density at radius 3 is 2.44 bits per heavy atom. The molecule has 0 unspecified atom stereocenters. The molecule has 0 aromatic heterocycles. The van der Waals surface area contributed by atoms with Gasteiger partial charge in [-0.3, -0.25) is 14.4 Å². The number of ether oxygens (including phenoxy) is 1. The second kappa shape index (κ2) is 9.42. The Labute approximate surface area is 188 Å². The molecule has 0 aliphatic carbocycles. The molecule has 3 amide bonds. The van der Waals surface area contributed by atoms with E-state index in [2.05, 4.69) is 5.32 Å². The number of benzene rings is 2. The van der Waals surface area contributed by atoms with Crippen molar-refractivity contribution < 1.29 is 19.1 Å². The third kappa shape index (κ3) is 4.77. The van der Waals surface area contributed by atoms with Crippen LogP contribution in [0.15, 0.2) is 48.5 Å². The van der Waals surface area contributed by atoms with Crippen molar-refractivity contribution in [1.82, 2.24) is 4.90 Å². The topological polar surface area (TPSA) is 79.0 Å². The van der Waals surface area contributed by atoms with E-state index in [0.29, 0.717) is 43.9 Å². The molecule has 4 rings (SSSR count). The van der Waals surface area contributed by atoms with Crippen LogP contribution in [0.1, 0.15) is 24.8 Å². The molecule has 0 bridgehead atoms. The number of hydrogen-bond acceptors (Lipinski definition) is 4. The lowest BCUT2D eigenvalue weighted by molar-refractivity contribution is -0.138. The molecule has 2 aliphatic rings. The average molecular weight is 436 g/mol. The number of carbonyl (C=O) groups is 3. The molecular formula is C25H29N3O4. The second-order valence-corrected chi connectivity index (χ2v) is 8.56. The Morgan fingerprint density at radius 1 is 1.03 bits per heavy atom. The maximum atomic E-state index is 13.0. The van der Waals surface area contributed by atoms with Gasteiger partial charge in [0.05, 0.1) is 13.0 Å². The molecule has 2 aliphatic heterocycles. The molecule has 0 saturated carbocycles. The molecule has 168 valence electrons. The van der Waals surface area contributed by atoms with Crippen molar-refractivity contribution in [3.63, 3.8) is 0 Å². The van der Waals surface area contributed by atoms with Gasteiger partial charge in [0, 0.05) is 49.4 Å². The molecular weight excluding hydrogens is 406 g/mol. The Kier molecular flexibility index (Phi) is 6.44. The number of methoxy groups -OCH3 is 1. The van der Waals surface area contributed by atoms with E-state index in [1.807, 2.05) is 54.3 Å². The highest BCUT2D eigenvalue weighted by molar-refractivity contribution is 6.00. The van der Waals surface area contributed by atoms with E-state index in [4.69, 9.17) is 4.74 Å². The predicted molar refractivity (Wildman–Crippen MR) is 123 cm³/mol. The zero-order valence-electron chi connectivity index (χ0n) is 18.5. The lowest BCUT2D eigenvalue weighted by Gasteiger charge is -2.33. The molecule has 7 heteroatoms. The first-order valence-corrected chi connectivity index (χ1v) is 11.1. The van der Waals surface area contributed by atoms with Gasteiger partial charge in [-0.15, -0.1) is 0 Å². The molecule has 32 heavy (non-hydrogen) atoms. The molecule has 1 atom stereocenters. The van der Waals surface area contributed by atoms with Crippen LogP contribution in [-0.4, -0.2) is 49.4 Å². The summed E-state index contributed by atoms with van der Waals surface area (Å²) in [5, 5.41) is 2.95. The van der Waals surface area contributed by atoms with Gasteiger partial charge in [-0.1, -0.05) is 23.8 Å². The van der Waals surface area contributed by atoms with Crippen molar-refractivity contribution in [1.29, 1.82) is 0 Å². The summed E-state index contributed by atoms with van der Waals surface area (Å²) in [5.41, 5.74) is 2.67. The first-order valence-electron chi connectivity index (χ1n) is 11.1. The smallest absolute Gasteiger partial charge is 0.228 e. The largest absolute Gasteiger partial charge is 0.497 e. The summed E-state index contributed by atoms with van der Waals surface area (Å²) in [7, 11) is 1.59. The molecule has 0 spiro atoms. The first-order chi connectivity index (χ1) is 15.4. The number of hydrogen-bond donors (Lipinski definition) is 1. The molecule has 1 N–H and O–H groups in total. The van der Waals surface area contributed by atoms with Crippen LogP contribution in [0.5, 0.6) is 5.75 Å². The first kappa shape index (κ1) is 21.9. The minimum absolute atomic E-state index is 0.0135. The summed E-state index contributed by atoms with van der Waals surface area (Å²) in [4.78, 5) is 41.7. The summed E-state index contributed by atoms with van der Waals surface area (Å²) >= 11 is 0. The SMILES string of the molecule is COc1cccc(NC(=O)C2CCN(C(=O)[C@@H]3CC(=O)N(c4ccc(C)cc4)C3)CC2)c1. The molecule has 2 aromatic rings. The fourth-order valence-electron chi connectivity index (χ4n) is 4.41. The van der Waals surface area contributed by atoms with Crippen LogP contribution in [0.3, 0.4) is 0 Å². The van der Waals surface area contributed by atoms with Crippen LogP contribution in [0.2, 0.25) is 0 Å². The third-order valence-electron chi connectivity index (χ3n) is 6.33. The Hall–Kier alpha value is -3.35. The third-order valence-corrected chi connectivity index (χ3v) is 6.33. The van der Waals surface area contributed by atoms with E-state index < -0.39 is 0 Å². The van der Waals surface area contributed by atoms with Crippen LogP contribution in [0.25, 0.3) is 0 Å². The van der Waals surface area contributed by atoms with Gasteiger partial charge in [0.1, 0.15) is 5.75 Å². The molecule has 2 heterocycles. The van der Waals surface area contributed by atoms with Crippen molar-refractivity contribution >= 4 is 29.1 Å². The van der Waals surface area contributed by atoms with Crippen molar-refractivity contribution in [2.75, 3.05) is 37.0 Å². The van der Waals surface area contributed by atoms with E-state index in [1.165, 1.54) is 0 Å². The average Bonchev–Trinajstić information content (AvgIpc) is 3.20.